The third kappa shape index (κ3) is 4.09. The molecule has 1 aliphatic carbocycles. The number of rotatable bonds is 4. The number of fused-ring (bicyclic) bond motifs is 1. The third-order valence-electron chi connectivity index (χ3n) is 6.29. The van der Waals surface area contributed by atoms with Crippen molar-refractivity contribution in [3.63, 3.8) is 0 Å². The minimum Gasteiger partial charge on any atom is -0.340 e. The summed E-state index contributed by atoms with van der Waals surface area (Å²) in [6.45, 7) is 2.73. The van der Waals surface area contributed by atoms with E-state index in [2.05, 4.69) is 12.1 Å². The lowest BCUT2D eigenvalue weighted by Crippen LogP contribution is -2.49. The van der Waals surface area contributed by atoms with Crippen LogP contribution in [0.2, 0.25) is 0 Å². The zero-order valence-electron chi connectivity index (χ0n) is 17.8. The van der Waals surface area contributed by atoms with E-state index in [1.54, 1.807) is 29.0 Å². The highest BCUT2D eigenvalue weighted by atomic mass is 32.2. The van der Waals surface area contributed by atoms with E-state index in [-0.39, 0.29) is 35.8 Å². The molecule has 164 valence electrons. The Morgan fingerprint density at radius 1 is 1.00 bits per heavy atom. The molecule has 1 saturated heterocycles. The summed E-state index contributed by atoms with van der Waals surface area (Å²) < 4.78 is 27.6. The van der Waals surface area contributed by atoms with Gasteiger partial charge in [0.1, 0.15) is 0 Å². The fourth-order valence-corrected chi connectivity index (χ4v) is 5.93. The van der Waals surface area contributed by atoms with Gasteiger partial charge in [0.25, 0.3) is 5.91 Å². The summed E-state index contributed by atoms with van der Waals surface area (Å²) in [6, 6.07) is 14.4. The van der Waals surface area contributed by atoms with Gasteiger partial charge in [-0.3, -0.25) is 9.59 Å². The molecule has 2 amide bonds. The number of amides is 2. The van der Waals surface area contributed by atoms with Crippen LogP contribution in [-0.4, -0.2) is 67.6 Å². The van der Waals surface area contributed by atoms with Gasteiger partial charge < -0.3 is 9.80 Å². The Balaban J connectivity index is 1.53. The van der Waals surface area contributed by atoms with E-state index >= 15 is 0 Å². The first-order chi connectivity index (χ1) is 14.8. The third-order valence-corrected chi connectivity index (χ3v) is 8.19. The summed E-state index contributed by atoms with van der Waals surface area (Å²) in [6.07, 6.45) is 1.79. The van der Waals surface area contributed by atoms with E-state index in [0.717, 1.165) is 18.4 Å². The normalized spacial score (nSPS) is 19.2. The van der Waals surface area contributed by atoms with Crippen LogP contribution in [0.4, 0.5) is 0 Å². The quantitative estimate of drug-likeness (QED) is 0.730. The summed E-state index contributed by atoms with van der Waals surface area (Å²) in [5.41, 5.74) is 2.77. The average Bonchev–Trinajstić information content (AvgIpc) is 3.22. The molecule has 0 aromatic heterocycles. The highest BCUT2D eigenvalue weighted by Crippen LogP contribution is 2.35. The summed E-state index contributed by atoms with van der Waals surface area (Å²) >= 11 is 0. The standard InChI is InChI=1S/C23H27N3O4S/c1-17(27)25-12-14-26(15-13-25)31(29,30)20-8-5-7-19(16-20)23(28)24(2)22-11-10-18-6-3-4-9-21(18)22/h3-9,16,22H,10-15H2,1-2H3/t22-/m0/s1. The molecule has 1 fully saturated rings. The fraction of sp³-hybridized carbons (Fsp3) is 0.391. The zero-order valence-corrected chi connectivity index (χ0v) is 18.6. The summed E-state index contributed by atoms with van der Waals surface area (Å²) in [7, 11) is -1.96. The van der Waals surface area contributed by atoms with Crippen molar-refractivity contribution in [2.75, 3.05) is 33.2 Å². The van der Waals surface area contributed by atoms with Crippen LogP contribution in [0.3, 0.4) is 0 Å². The monoisotopic (exact) mass is 441 g/mol. The molecule has 4 rings (SSSR count). The molecule has 2 aromatic rings. The van der Waals surface area contributed by atoms with Gasteiger partial charge in [0.15, 0.2) is 0 Å². The maximum atomic E-state index is 13.2. The lowest BCUT2D eigenvalue weighted by Gasteiger charge is -2.33. The Morgan fingerprint density at radius 3 is 2.42 bits per heavy atom. The SMILES string of the molecule is CC(=O)N1CCN(S(=O)(=O)c2cccc(C(=O)N(C)[C@H]3CCc4ccccc43)c2)CC1. The van der Waals surface area contributed by atoms with Gasteiger partial charge in [0.05, 0.1) is 10.9 Å². The summed E-state index contributed by atoms with van der Waals surface area (Å²) in [5.74, 6) is -0.249. The van der Waals surface area contributed by atoms with Crippen molar-refractivity contribution in [2.24, 2.45) is 0 Å². The Bertz CT molecular complexity index is 1110. The Kier molecular flexibility index (Phi) is 5.85. The van der Waals surface area contributed by atoms with E-state index in [1.807, 2.05) is 12.1 Å². The average molecular weight is 442 g/mol. The van der Waals surface area contributed by atoms with Gasteiger partial charge in [-0.1, -0.05) is 30.3 Å². The maximum Gasteiger partial charge on any atom is 0.254 e. The lowest BCUT2D eigenvalue weighted by molar-refractivity contribution is -0.129. The van der Waals surface area contributed by atoms with Crippen molar-refractivity contribution in [1.82, 2.24) is 14.1 Å². The molecule has 7 nitrogen and oxygen atoms in total. The molecule has 1 heterocycles. The van der Waals surface area contributed by atoms with Crippen molar-refractivity contribution >= 4 is 21.8 Å². The fourth-order valence-electron chi connectivity index (χ4n) is 4.46. The van der Waals surface area contributed by atoms with Crippen LogP contribution >= 0.6 is 0 Å². The molecule has 0 N–H and O–H groups in total. The summed E-state index contributed by atoms with van der Waals surface area (Å²) in [4.78, 5) is 28.2. The van der Waals surface area contributed by atoms with E-state index in [1.165, 1.54) is 28.9 Å². The number of benzene rings is 2. The zero-order chi connectivity index (χ0) is 22.2. The van der Waals surface area contributed by atoms with Crippen LogP contribution in [-0.2, 0) is 21.2 Å². The van der Waals surface area contributed by atoms with Crippen LogP contribution in [0.15, 0.2) is 53.4 Å². The molecule has 1 aliphatic heterocycles. The van der Waals surface area contributed by atoms with Gasteiger partial charge in [0, 0.05) is 45.7 Å². The van der Waals surface area contributed by atoms with Gasteiger partial charge in [-0.2, -0.15) is 4.31 Å². The molecule has 2 aromatic carbocycles. The van der Waals surface area contributed by atoms with Gasteiger partial charge in [-0.05, 0) is 42.2 Å². The molecule has 8 heteroatoms. The Labute approximate surface area is 183 Å². The van der Waals surface area contributed by atoms with Crippen LogP contribution < -0.4 is 0 Å². The smallest absolute Gasteiger partial charge is 0.254 e. The second kappa shape index (κ2) is 8.43. The first kappa shape index (κ1) is 21.5. The number of hydrogen-bond acceptors (Lipinski definition) is 4. The molecular weight excluding hydrogens is 414 g/mol. The van der Waals surface area contributed by atoms with Crippen LogP contribution in [0.25, 0.3) is 0 Å². The molecular formula is C23H27N3O4S. The lowest BCUT2D eigenvalue weighted by atomic mass is 10.1. The molecule has 0 saturated carbocycles. The van der Waals surface area contributed by atoms with Crippen LogP contribution in [0.1, 0.15) is 40.9 Å². The van der Waals surface area contributed by atoms with Crippen LogP contribution in [0.5, 0.6) is 0 Å². The number of aryl methyl sites for hydroxylation is 1. The first-order valence-corrected chi connectivity index (χ1v) is 11.9. The van der Waals surface area contributed by atoms with E-state index in [4.69, 9.17) is 0 Å². The minimum atomic E-state index is -3.74. The topological polar surface area (TPSA) is 78.0 Å². The van der Waals surface area contributed by atoms with Gasteiger partial charge in [-0.15, -0.1) is 0 Å². The number of hydrogen-bond donors (Lipinski definition) is 0. The number of carbonyl (C=O) groups excluding carboxylic acids is 2. The van der Waals surface area contributed by atoms with E-state index in [9.17, 15) is 18.0 Å². The van der Waals surface area contributed by atoms with Crippen molar-refractivity contribution < 1.29 is 18.0 Å². The second-order valence-corrected chi connectivity index (χ2v) is 10.0. The molecule has 0 radical (unpaired) electrons. The minimum absolute atomic E-state index is 0.0105. The van der Waals surface area contributed by atoms with Crippen molar-refractivity contribution in [2.45, 2.75) is 30.7 Å². The Morgan fingerprint density at radius 2 is 1.71 bits per heavy atom. The predicted molar refractivity (Wildman–Crippen MR) is 117 cm³/mol. The Hall–Kier alpha value is -2.71. The van der Waals surface area contributed by atoms with E-state index in [0.29, 0.717) is 18.7 Å². The number of sulfonamides is 1. The molecule has 0 unspecified atom stereocenters. The van der Waals surface area contributed by atoms with Crippen LogP contribution in [0, 0.1) is 0 Å². The molecule has 31 heavy (non-hydrogen) atoms. The van der Waals surface area contributed by atoms with Crippen molar-refractivity contribution in [1.29, 1.82) is 0 Å². The van der Waals surface area contributed by atoms with Crippen molar-refractivity contribution in [3.05, 3.63) is 65.2 Å². The largest absolute Gasteiger partial charge is 0.340 e. The highest BCUT2D eigenvalue weighted by Gasteiger charge is 2.31. The molecule has 0 spiro atoms. The van der Waals surface area contributed by atoms with Gasteiger partial charge in [0.2, 0.25) is 15.9 Å². The second-order valence-electron chi connectivity index (χ2n) is 8.11. The maximum absolute atomic E-state index is 13.2. The van der Waals surface area contributed by atoms with Gasteiger partial charge in [-0.25, -0.2) is 8.42 Å². The molecule has 2 aliphatic rings. The number of carbonyl (C=O) groups is 2. The van der Waals surface area contributed by atoms with Crippen molar-refractivity contribution in [3.8, 4) is 0 Å². The summed E-state index contributed by atoms with van der Waals surface area (Å²) in [5, 5.41) is 0. The highest BCUT2D eigenvalue weighted by molar-refractivity contribution is 7.89. The number of nitrogens with zero attached hydrogens (tertiary/aromatic N) is 3. The molecule has 1 atom stereocenters. The number of piperazine rings is 1. The predicted octanol–water partition coefficient (Wildman–Crippen LogP) is 2.30. The van der Waals surface area contributed by atoms with E-state index < -0.39 is 10.0 Å². The van der Waals surface area contributed by atoms with Gasteiger partial charge >= 0.3 is 0 Å². The molecule has 0 bridgehead atoms. The first-order valence-electron chi connectivity index (χ1n) is 10.5.